The van der Waals surface area contributed by atoms with Crippen LogP contribution in [-0.2, 0) is 14.4 Å². The van der Waals surface area contributed by atoms with Crippen molar-refractivity contribution in [1.82, 2.24) is 0 Å². The molecular formula is C24H43NO6. The fourth-order valence-electron chi connectivity index (χ4n) is 3.98. The minimum Gasteiger partial charge on any atom is -0.550 e. The third kappa shape index (κ3) is 18.6. The maximum Gasteiger partial charge on any atom is 0.303 e. The van der Waals surface area contributed by atoms with Crippen molar-refractivity contribution in [3.63, 3.8) is 0 Å². The van der Waals surface area contributed by atoms with Gasteiger partial charge in [-0.1, -0.05) is 38.3 Å². The number of quaternary nitrogens is 1. The second-order valence-electron chi connectivity index (χ2n) is 8.52. The summed E-state index contributed by atoms with van der Waals surface area (Å²) in [5.41, 5.74) is 0. The van der Waals surface area contributed by atoms with Crippen LogP contribution >= 0.6 is 0 Å². The zero-order valence-corrected chi connectivity index (χ0v) is 19.4. The molecule has 7 heteroatoms. The van der Waals surface area contributed by atoms with Crippen LogP contribution in [0.2, 0.25) is 0 Å². The van der Waals surface area contributed by atoms with Crippen LogP contribution in [0.1, 0.15) is 96.8 Å². The molecule has 0 heterocycles. The summed E-state index contributed by atoms with van der Waals surface area (Å²) in [7, 11) is 0. The number of carboxylic acid groups (broad SMARTS) is 3. The number of carbonyl (C=O) groups excluding carboxylic acids is 1. The molecule has 0 saturated carbocycles. The molecule has 0 aliphatic heterocycles. The third-order valence-electron chi connectivity index (χ3n) is 5.70. The molecule has 0 spiro atoms. The van der Waals surface area contributed by atoms with Crippen molar-refractivity contribution < 1.29 is 34.2 Å². The van der Waals surface area contributed by atoms with Crippen LogP contribution in [0.15, 0.2) is 12.2 Å². The van der Waals surface area contributed by atoms with E-state index in [1.54, 1.807) is 0 Å². The smallest absolute Gasteiger partial charge is 0.303 e. The third-order valence-corrected chi connectivity index (χ3v) is 5.70. The summed E-state index contributed by atoms with van der Waals surface area (Å²) in [6.07, 6.45) is 15.1. The topological polar surface area (TPSA) is 115 Å². The fraction of sp³-hybridized carbons (Fsp3) is 0.792. The number of rotatable bonds is 22. The molecule has 0 atom stereocenters. The Labute approximate surface area is 187 Å². The first-order valence-electron chi connectivity index (χ1n) is 11.9. The number of allylic oxidation sites excluding steroid dienone is 2. The van der Waals surface area contributed by atoms with Crippen molar-refractivity contribution >= 4 is 17.9 Å². The Bertz CT molecular complexity index is 482. The maximum absolute atomic E-state index is 11.0. The van der Waals surface area contributed by atoms with Crippen molar-refractivity contribution in [3.05, 3.63) is 12.2 Å². The number of aliphatic carboxylic acids is 3. The van der Waals surface area contributed by atoms with E-state index >= 15 is 0 Å². The van der Waals surface area contributed by atoms with Crippen LogP contribution in [-0.4, -0.2) is 58.8 Å². The first-order chi connectivity index (χ1) is 14.8. The lowest BCUT2D eigenvalue weighted by Gasteiger charge is -2.39. The summed E-state index contributed by atoms with van der Waals surface area (Å²) in [4.78, 5) is 32.8. The molecule has 0 aromatic heterocycles. The van der Waals surface area contributed by atoms with Crippen LogP contribution in [0.25, 0.3) is 0 Å². The number of carboxylic acids is 3. The Morgan fingerprint density at radius 1 is 0.677 bits per heavy atom. The monoisotopic (exact) mass is 441 g/mol. The normalized spacial score (nSPS) is 11.8. The van der Waals surface area contributed by atoms with Gasteiger partial charge < -0.3 is 24.6 Å². The minimum atomic E-state index is -1.08. The number of hydrogen-bond acceptors (Lipinski definition) is 4. The number of nitrogens with zero attached hydrogens (tertiary/aromatic N) is 1. The Kier molecular flexibility index (Phi) is 17.7. The van der Waals surface area contributed by atoms with Gasteiger partial charge >= 0.3 is 11.9 Å². The Hall–Kier alpha value is -1.89. The highest BCUT2D eigenvalue weighted by molar-refractivity contribution is 5.66. The number of carbonyl (C=O) groups is 3. The molecule has 0 rings (SSSR count). The van der Waals surface area contributed by atoms with Gasteiger partial charge in [0.25, 0.3) is 0 Å². The number of unbranched alkanes of at least 4 members (excludes halogenated alkanes) is 6. The molecule has 0 bridgehead atoms. The average Bonchev–Trinajstić information content (AvgIpc) is 2.68. The summed E-state index contributed by atoms with van der Waals surface area (Å²) in [6, 6.07) is 0. The molecule has 31 heavy (non-hydrogen) atoms. The predicted octanol–water partition coefficient (Wildman–Crippen LogP) is 3.76. The number of hydrogen-bond donors (Lipinski definition) is 2. The van der Waals surface area contributed by atoms with Crippen molar-refractivity contribution in [2.75, 3.05) is 26.2 Å². The summed E-state index contributed by atoms with van der Waals surface area (Å²) in [5.74, 6) is -2.77. The highest BCUT2D eigenvalue weighted by Gasteiger charge is 2.26. The standard InChI is InChI=1S/C24H43NO6/c1-2-3-4-5-6-7-8-9-10-11-18-25(19-12-15-22(26)27,20-13-16-23(28)29)21-14-17-24(30)31/h5-6H,2-4,7-21H2,1H3,(H2-,26,27,28,29,30,31)/b6-5+. The molecule has 0 aliphatic rings. The Morgan fingerprint density at radius 3 is 1.61 bits per heavy atom. The summed E-state index contributed by atoms with van der Waals surface area (Å²) in [6.45, 7) is 4.92. The van der Waals surface area contributed by atoms with E-state index in [1.165, 1.54) is 12.8 Å². The fourth-order valence-corrected chi connectivity index (χ4v) is 3.98. The molecule has 180 valence electrons. The van der Waals surface area contributed by atoms with Crippen molar-refractivity contribution in [3.8, 4) is 0 Å². The van der Waals surface area contributed by atoms with E-state index in [1.807, 2.05) is 0 Å². The molecule has 0 aliphatic carbocycles. The lowest BCUT2D eigenvalue weighted by atomic mass is 10.1. The van der Waals surface area contributed by atoms with Gasteiger partial charge in [0, 0.05) is 25.2 Å². The molecule has 7 nitrogen and oxygen atoms in total. The van der Waals surface area contributed by atoms with E-state index in [0.29, 0.717) is 43.4 Å². The lowest BCUT2D eigenvalue weighted by Crippen LogP contribution is -2.51. The van der Waals surface area contributed by atoms with Crippen LogP contribution in [0.4, 0.5) is 0 Å². The lowest BCUT2D eigenvalue weighted by molar-refractivity contribution is -0.929. The van der Waals surface area contributed by atoms with Gasteiger partial charge in [-0.2, -0.15) is 0 Å². The van der Waals surface area contributed by atoms with Gasteiger partial charge in [0.2, 0.25) is 0 Å². The second-order valence-corrected chi connectivity index (χ2v) is 8.52. The Balaban J connectivity index is 4.68. The molecule has 0 aromatic carbocycles. The zero-order chi connectivity index (χ0) is 23.4. The molecule has 2 N–H and O–H groups in total. The zero-order valence-electron chi connectivity index (χ0n) is 19.4. The van der Waals surface area contributed by atoms with Gasteiger partial charge in [-0.3, -0.25) is 9.59 Å². The largest absolute Gasteiger partial charge is 0.550 e. The highest BCUT2D eigenvalue weighted by Crippen LogP contribution is 2.18. The first kappa shape index (κ1) is 29.1. The summed E-state index contributed by atoms with van der Waals surface area (Å²) < 4.78 is 0.602. The molecule has 0 unspecified atom stereocenters. The van der Waals surface area contributed by atoms with Gasteiger partial charge in [-0.05, 0) is 38.5 Å². The van der Waals surface area contributed by atoms with E-state index < -0.39 is 17.9 Å². The second kappa shape index (κ2) is 18.8. The SMILES string of the molecule is CCCC/C=C/CCCCCC[N+](CCCC(=O)[O-])(CCCC(=O)O)CCCC(=O)O. The molecule has 0 radical (unpaired) electrons. The van der Waals surface area contributed by atoms with Crippen molar-refractivity contribution in [2.24, 2.45) is 0 Å². The van der Waals surface area contributed by atoms with Crippen LogP contribution in [0.3, 0.4) is 0 Å². The van der Waals surface area contributed by atoms with Gasteiger partial charge in [0.05, 0.1) is 39.0 Å². The molecular weight excluding hydrogens is 398 g/mol. The van der Waals surface area contributed by atoms with E-state index in [9.17, 15) is 19.5 Å². The molecule has 0 aromatic rings. The van der Waals surface area contributed by atoms with E-state index in [2.05, 4.69) is 19.1 Å². The average molecular weight is 442 g/mol. The van der Waals surface area contributed by atoms with Crippen LogP contribution < -0.4 is 5.11 Å². The quantitative estimate of drug-likeness (QED) is 0.150. The molecule has 0 saturated heterocycles. The van der Waals surface area contributed by atoms with E-state index in [4.69, 9.17) is 10.2 Å². The van der Waals surface area contributed by atoms with E-state index in [-0.39, 0.29) is 19.3 Å². The minimum absolute atomic E-state index is 0.0256. The van der Waals surface area contributed by atoms with Gasteiger partial charge in [-0.15, -0.1) is 0 Å². The van der Waals surface area contributed by atoms with Crippen molar-refractivity contribution in [1.29, 1.82) is 0 Å². The Morgan fingerprint density at radius 2 is 1.13 bits per heavy atom. The molecule has 0 amide bonds. The summed E-state index contributed by atoms with van der Waals surface area (Å²) >= 11 is 0. The van der Waals surface area contributed by atoms with Gasteiger partial charge in [0.1, 0.15) is 0 Å². The van der Waals surface area contributed by atoms with Gasteiger partial charge in [-0.25, -0.2) is 0 Å². The van der Waals surface area contributed by atoms with Crippen molar-refractivity contribution in [2.45, 2.75) is 96.8 Å². The van der Waals surface area contributed by atoms with Crippen LogP contribution in [0.5, 0.6) is 0 Å². The highest BCUT2D eigenvalue weighted by atomic mass is 16.4. The first-order valence-corrected chi connectivity index (χ1v) is 11.9. The summed E-state index contributed by atoms with van der Waals surface area (Å²) in [5, 5.41) is 28.8. The van der Waals surface area contributed by atoms with E-state index in [0.717, 1.165) is 45.1 Å². The van der Waals surface area contributed by atoms with Gasteiger partial charge in [0.15, 0.2) is 0 Å². The predicted molar refractivity (Wildman–Crippen MR) is 119 cm³/mol. The maximum atomic E-state index is 11.0. The van der Waals surface area contributed by atoms with Crippen LogP contribution in [0, 0.1) is 0 Å². The molecule has 0 fully saturated rings.